The summed E-state index contributed by atoms with van der Waals surface area (Å²) in [4.78, 5) is 32.0. The van der Waals surface area contributed by atoms with Crippen LogP contribution in [0.2, 0.25) is 0 Å². The van der Waals surface area contributed by atoms with Crippen LogP contribution in [0, 0.1) is 0 Å². The van der Waals surface area contributed by atoms with Gasteiger partial charge in [-0.15, -0.1) is 0 Å². The van der Waals surface area contributed by atoms with Crippen LogP contribution in [-0.4, -0.2) is 60.1 Å². The fraction of sp³-hybridized carbons (Fsp3) is 0.636. The van der Waals surface area contributed by atoms with Gasteiger partial charge in [0.2, 0.25) is 5.88 Å². The number of H-pyrrole nitrogens is 2. The monoisotopic (exact) mass is 254 g/mol. The Kier molecular flexibility index (Phi) is 3.83. The Balaban J connectivity index is 2.18. The molecular formula is C11H18N4O3. The fourth-order valence-corrected chi connectivity index (χ4v) is 2.04. The van der Waals surface area contributed by atoms with Gasteiger partial charge in [-0.05, 0) is 7.05 Å². The zero-order valence-electron chi connectivity index (χ0n) is 10.7. The van der Waals surface area contributed by atoms with Gasteiger partial charge in [-0.3, -0.25) is 19.7 Å². The number of likely N-dealkylation sites (N-methyl/N-ethyl adjacent to an activating group) is 1. The van der Waals surface area contributed by atoms with Crippen LogP contribution in [0.1, 0.15) is 5.56 Å². The third-order valence-electron chi connectivity index (χ3n) is 3.18. The molecule has 0 amide bonds. The van der Waals surface area contributed by atoms with Crippen molar-refractivity contribution in [2.24, 2.45) is 0 Å². The van der Waals surface area contributed by atoms with Gasteiger partial charge in [0.05, 0.1) is 12.7 Å². The van der Waals surface area contributed by atoms with Gasteiger partial charge in [0.15, 0.2) is 0 Å². The van der Waals surface area contributed by atoms with Crippen molar-refractivity contribution in [1.82, 2.24) is 19.8 Å². The lowest BCUT2D eigenvalue weighted by Gasteiger charge is -2.32. The maximum absolute atomic E-state index is 11.8. The minimum absolute atomic E-state index is 0.252. The van der Waals surface area contributed by atoms with E-state index in [0.29, 0.717) is 12.1 Å². The highest BCUT2D eigenvalue weighted by molar-refractivity contribution is 5.22. The van der Waals surface area contributed by atoms with Crippen molar-refractivity contribution < 1.29 is 4.74 Å². The summed E-state index contributed by atoms with van der Waals surface area (Å²) in [6, 6.07) is 0. The largest absolute Gasteiger partial charge is 0.482 e. The summed E-state index contributed by atoms with van der Waals surface area (Å²) in [7, 11) is 3.52. The van der Waals surface area contributed by atoms with Crippen molar-refractivity contribution in [3.63, 3.8) is 0 Å². The quantitative estimate of drug-likeness (QED) is 0.709. The van der Waals surface area contributed by atoms with E-state index in [9.17, 15) is 9.59 Å². The molecule has 1 aromatic rings. The SMILES string of the molecule is COc1[nH]c(=O)[nH]c(=O)c1CN1CCN(C)CC1. The highest BCUT2D eigenvalue weighted by Gasteiger charge is 2.18. The molecule has 0 radical (unpaired) electrons. The third-order valence-corrected chi connectivity index (χ3v) is 3.18. The molecule has 1 aliphatic heterocycles. The van der Waals surface area contributed by atoms with Crippen LogP contribution in [-0.2, 0) is 6.54 Å². The van der Waals surface area contributed by atoms with Gasteiger partial charge < -0.3 is 9.64 Å². The van der Waals surface area contributed by atoms with E-state index < -0.39 is 5.69 Å². The Labute approximate surface area is 104 Å². The predicted molar refractivity (Wildman–Crippen MR) is 67.0 cm³/mol. The number of hydrogen-bond donors (Lipinski definition) is 2. The second kappa shape index (κ2) is 5.36. The average molecular weight is 254 g/mol. The summed E-state index contributed by atoms with van der Waals surface area (Å²) in [6.07, 6.45) is 0. The van der Waals surface area contributed by atoms with Crippen LogP contribution >= 0.6 is 0 Å². The maximum Gasteiger partial charge on any atom is 0.328 e. The first-order chi connectivity index (χ1) is 8.60. The lowest BCUT2D eigenvalue weighted by atomic mass is 10.2. The number of nitrogens with zero attached hydrogens (tertiary/aromatic N) is 2. The van der Waals surface area contributed by atoms with Crippen LogP contribution in [0.25, 0.3) is 0 Å². The summed E-state index contributed by atoms with van der Waals surface area (Å²) in [5.74, 6) is 0.252. The number of nitrogens with one attached hydrogen (secondary N) is 2. The molecule has 100 valence electrons. The standard InChI is InChI=1S/C11H18N4O3/c1-14-3-5-15(6-4-14)7-8-9(16)12-11(17)13-10(8)18-2/h3-7H2,1-2H3,(H2,12,13,16,17). The topological polar surface area (TPSA) is 81.4 Å². The molecule has 0 saturated carbocycles. The van der Waals surface area contributed by atoms with Gasteiger partial charge >= 0.3 is 5.69 Å². The van der Waals surface area contributed by atoms with Gasteiger partial charge in [-0.1, -0.05) is 0 Å². The van der Waals surface area contributed by atoms with Gasteiger partial charge in [0, 0.05) is 32.7 Å². The van der Waals surface area contributed by atoms with Crippen molar-refractivity contribution in [2.75, 3.05) is 40.3 Å². The van der Waals surface area contributed by atoms with Crippen molar-refractivity contribution in [1.29, 1.82) is 0 Å². The molecule has 1 aliphatic rings. The van der Waals surface area contributed by atoms with E-state index in [1.165, 1.54) is 7.11 Å². The second-order valence-corrected chi connectivity index (χ2v) is 4.50. The van der Waals surface area contributed by atoms with Crippen molar-refractivity contribution in [2.45, 2.75) is 6.54 Å². The molecule has 7 heteroatoms. The zero-order valence-corrected chi connectivity index (χ0v) is 10.7. The Hall–Kier alpha value is -1.60. The van der Waals surface area contributed by atoms with Crippen molar-refractivity contribution in [3.8, 4) is 5.88 Å². The molecule has 0 atom stereocenters. The molecule has 0 aromatic carbocycles. The number of piperazine rings is 1. The molecule has 7 nitrogen and oxygen atoms in total. The molecule has 2 rings (SSSR count). The van der Waals surface area contributed by atoms with E-state index in [4.69, 9.17) is 4.74 Å². The van der Waals surface area contributed by atoms with Gasteiger partial charge in [0.25, 0.3) is 5.56 Å². The van der Waals surface area contributed by atoms with Crippen LogP contribution in [0.15, 0.2) is 9.59 Å². The number of ether oxygens (including phenoxy) is 1. The number of hydrogen-bond acceptors (Lipinski definition) is 5. The van der Waals surface area contributed by atoms with E-state index >= 15 is 0 Å². The zero-order chi connectivity index (χ0) is 13.1. The van der Waals surface area contributed by atoms with E-state index in [2.05, 4.69) is 26.8 Å². The highest BCUT2D eigenvalue weighted by atomic mass is 16.5. The molecule has 18 heavy (non-hydrogen) atoms. The maximum atomic E-state index is 11.8. The normalized spacial score (nSPS) is 17.9. The van der Waals surface area contributed by atoms with Crippen LogP contribution in [0.3, 0.4) is 0 Å². The Morgan fingerprint density at radius 3 is 2.44 bits per heavy atom. The summed E-state index contributed by atoms with van der Waals surface area (Å²) in [5, 5.41) is 0. The van der Waals surface area contributed by atoms with E-state index in [1.807, 2.05) is 0 Å². The molecular weight excluding hydrogens is 236 g/mol. The first-order valence-electron chi connectivity index (χ1n) is 5.90. The van der Waals surface area contributed by atoms with Crippen LogP contribution in [0.5, 0.6) is 5.88 Å². The summed E-state index contributed by atoms with van der Waals surface area (Å²) in [5.41, 5.74) is -0.449. The van der Waals surface area contributed by atoms with Gasteiger partial charge in [-0.25, -0.2) is 4.79 Å². The molecule has 0 bridgehead atoms. The van der Waals surface area contributed by atoms with Gasteiger partial charge in [0.1, 0.15) is 0 Å². The molecule has 0 unspecified atom stereocenters. The number of methoxy groups -OCH3 is 1. The Bertz CT molecular complexity index is 514. The first kappa shape index (κ1) is 12.8. The van der Waals surface area contributed by atoms with Crippen molar-refractivity contribution in [3.05, 3.63) is 26.4 Å². The lowest BCUT2D eigenvalue weighted by Crippen LogP contribution is -2.45. The summed E-state index contributed by atoms with van der Waals surface area (Å²) < 4.78 is 5.06. The van der Waals surface area contributed by atoms with Crippen LogP contribution < -0.4 is 16.0 Å². The average Bonchev–Trinajstić information content (AvgIpc) is 2.34. The molecule has 1 fully saturated rings. The predicted octanol–water partition coefficient (Wildman–Crippen LogP) is -1.18. The highest BCUT2D eigenvalue weighted by Crippen LogP contribution is 2.11. The molecule has 1 aromatic heterocycles. The lowest BCUT2D eigenvalue weighted by molar-refractivity contribution is 0.146. The molecule has 2 N–H and O–H groups in total. The Morgan fingerprint density at radius 2 is 1.83 bits per heavy atom. The van der Waals surface area contributed by atoms with Crippen molar-refractivity contribution >= 4 is 0 Å². The second-order valence-electron chi connectivity index (χ2n) is 4.50. The Morgan fingerprint density at radius 1 is 1.17 bits per heavy atom. The third kappa shape index (κ3) is 2.80. The van der Waals surface area contributed by atoms with E-state index in [-0.39, 0.29) is 11.4 Å². The van der Waals surface area contributed by atoms with E-state index in [1.54, 1.807) is 0 Å². The molecule has 0 aliphatic carbocycles. The first-order valence-corrected chi connectivity index (χ1v) is 5.90. The summed E-state index contributed by atoms with van der Waals surface area (Å²) in [6.45, 7) is 4.24. The minimum atomic E-state index is -0.543. The molecule has 0 spiro atoms. The molecule has 2 heterocycles. The van der Waals surface area contributed by atoms with E-state index in [0.717, 1.165) is 26.2 Å². The van der Waals surface area contributed by atoms with Crippen LogP contribution in [0.4, 0.5) is 0 Å². The minimum Gasteiger partial charge on any atom is -0.482 e. The smallest absolute Gasteiger partial charge is 0.328 e. The fourth-order valence-electron chi connectivity index (χ4n) is 2.04. The summed E-state index contributed by atoms with van der Waals surface area (Å²) >= 11 is 0. The number of aromatic nitrogens is 2. The number of aromatic amines is 2. The molecule has 1 saturated heterocycles. The number of rotatable bonds is 3. The van der Waals surface area contributed by atoms with Gasteiger partial charge in [-0.2, -0.15) is 0 Å².